The van der Waals surface area contributed by atoms with Crippen molar-refractivity contribution in [3.63, 3.8) is 0 Å². The Morgan fingerprint density at radius 1 is 1.40 bits per heavy atom. The van der Waals surface area contributed by atoms with Crippen LogP contribution >= 0.6 is 15.9 Å². The summed E-state index contributed by atoms with van der Waals surface area (Å²) >= 11 is 3.32. The zero-order valence-electron chi connectivity index (χ0n) is 11.4. The highest BCUT2D eigenvalue weighted by atomic mass is 79.9. The van der Waals surface area contributed by atoms with E-state index in [1.54, 1.807) is 13.0 Å². The number of halogens is 1. The number of oxazole rings is 1. The third-order valence-electron chi connectivity index (χ3n) is 2.99. The number of aryl methyl sites for hydroxylation is 3. The van der Waals surface area contributed by atoms with E-state index in [4.69, 9.17) is 4.42 Å². The van der Waals surface area contributed by atoms with Crippen molar-refractivity contribution in [3.05, 3.63) is 49.6 Å². The van der Waals surface area contributed by atoms with Crippen molar-refractivity contribution in [2.24, 2.45) is 0 Å². The third-order valence-corrected chi connectivity index (χ3v) is 3.64. The van der Waals surface area contributed by atoms with Crippen molar-refractivity contribution < 1.29 is 9.34 Å². The molecule has 0 spiro atoms. The van der Waals surface area contributed by atoms with Gasteiger partial charge in [-0.3, -0.25) is 10.1 Å². The lowest BCUT2D eigenvalue weighted by Gasteiger charge is -2.08. The molecule has 0 aliphatic carbocycles. The number of nitro groups is 1. The first-order valence-corrected chi connectivity index (χ1v) is 6.79. The van der Waals surface area contributed by atoms with E-state index in [1.807, 2.05) is 13.8 Å². The van der Waals surface area contributed by atoms with Crippen LogP contribution in [0.25, 0.3) is 0 Å². The highest BCUT2D eigenvalue weighted by molar-refractivity contribution is 9.10. The summed E-state index contributed by atoms with van der Waals surface area (Å²) in [5.74, 6) is 1.38. The molecule has 0 radical (unpaired) electrons. The van der Waals surface area contributed by atoms with E-state index >= 15 is 0 Å². The molecule has 0 aliphatic heterocycles. The third kappa shape index (κ3) is 2.98. The van der Waals surface area contributed by atoms with Crippen LogP contribution in [0.5, 0.6) is 0 Å². The van der Waals surface area contributed by atoms with Gasteiger partial charge in [-0.05, 0) is 42.8 Å². The van der Waals surface area contributed by atoms with Gasteiger partial charge in [0, 0.05) is 21.8 Å². The molecule has 0 aliphatic rings. The lowest BCUT2D eigenvalue weighted by Crippen LogP contribution is -2.02. The van der Waals surface area contributed by atoms with Crippen LogP contribution in [-0.4, -0.2) is 9.91 Å². The van der Waals surface area contributed by atoms with Crippen molar-refractivity contribution >= 4 is 27.3 Å². The number of hydrogen-bond acceptors (Lipinski definition) is 5. The average Bonchev–Trinajstić information content (AvgIpc) is 2.69. The van der Waals surface area contributed by atoms with Gasteiger partial charge in [0.2, 0.25) is 5.89 Å². The SMILES string of the molecule is Cc1cc(NCc2nc(C)c(C)o2)c(Br)cc1[N+](=O)[O-]. The molecule has 106 valence electrons. The molecule has 7 heteroatoms. The lowest BCUT2D eigenvalue weighted by atomic mass is 10.2. The Kier molecular flexibility index (Phi) is 4.08. The maximum absolute atomic E-state index is 10.8. The van der Waals surface area contributed by atoms with Crippen LogP contribution in [0.4, 0.5) is 11.4 Å². The van der Waals surface area contributed by atoms with Gasteiger partial charge in [0.15, 0.2) is 0 Å². The smallest absolute Gasteiger partial charge is 0.273 e. The second-order valence-corrected chi connectivity index (χ2v) is 5.33. The summed E-state index contributed by atoms with van der Waals surface area (Å²) in [4.78, 5) is 14.7. The van der Waals surface area contributed by atoms with Crippen LogP contribution in [0, 0.1) is 30.9 Å². The van der Waals surface area contributed by atoms with Gasteiger partial charge in [-0.1, -0.05) is 0 Å². The van der Waals surface area contributed by atoms with Gasteiger partial charge >= 0.3 is 0 Å². The average molecular weight is 340 g/mol. The molecule has 0 bridgehead atoms. The standard InChI is InChI=1S/C13H14BrN3O3/c1-7-4-11(10(14)5-12(7)17(18)19)15-6-13-16-8(2)9(3)20-13/h4-5,15H,6H2,1-3H3. The Hall–Kier alpha value is -1.89. The number of rotatable bonds is 4. The predicted molar refractivity (Wildman–Crippen MR) is 78.8 cm³/mol. The number of benzene rings is 1. The van der Waals surface area contributed by atoms with E-state index < -0.39 is 4.92 Å². The minimum Gasteiger partial charge on any atom is -0.444 e. The maximum Gasteiger partial charge on any atom is 0.273 e. The topological polar surface area (TPSA) is 81.2 Å². The maximum atomic E-state index is 10.8. The van der Waals surface area contributed by atoms with E-state index in [1.165, 1.54) is 6.07 Å². The Balaban J connectivity index is 2.17. The summed E-state index contributed by atoms with van der Waals surface area (Å²) in [7, 11) is 0. The van der Waals surface area contributed by atoms with Crippen LogP contribution < -0.4 is 5.32 Å². The van der Waals surface area contributed by atoms with Crippen molar-refractivity contribution in [2.75, 3.05) is 5.32 Å². The molecule has 0 amide bonds. The van der Waals surface area contributed by atoms with Gasteiger partial charge in [0.05, 0.1) is 17.2 Å². The number of anilines is 1. The van der Waals surface area contributed by atoms with Crippen LogP contribution in [-0.2, 0) is 6.54 Å². The van der Waals surface area contributed by atoms with Gasteiger partial charge in [-0.25, -0.2) is 4.98 Å². The van der Waals surface area contributed by atoms with Crippen LogP contribution in [0.2, 0.25) is 0 Å². The van der Waals surface area contributed by atoms with Gasteiger partial charge in [0.1, 0.15) is 5.76 Å². The number of nitro benzene ring substituents is 1. The fraction of sp³-hybridized carbons (Fsp3) is 0.308. The molecule has 2 aromatic rings. The van der Waals surface area contributed by atoms with E-state index in [2.05, 4.69) is 26.2 Å². The van der Waals surface area contributed by atoms with Crippen molar-refractivity contribution in [3.8, 4) is 0 Å². The highest BCUT2D eigenvalue weighted by Gasteiger charge is 2.14. The molecule has 1 heterocycles. The van der Waals surface area contributed by atoms with Crippen molar-refractivity contribution in [2.45, 2.75) is 27.3 Å². The minimum atomic E-state index is -0.398. The molecule has 2 rings (SSSR count). The largest absolute Gasteiger partial charge is 0.444 e. The molecule has 1 aromatic heterocycles. The van der Waals surface area contributed by atoms with Gasteiger partial charge in [-0.15, -0.1) is 0 Å². The first-order chi connectivity index (χ1) is 9.38. The fourth-order valence-electron chi connectivity index (χ4n) is 1.79. The number of hydrogen-bond donors (Lipinski definition) is 1. The highest BCUT2D eigenvalue weighted by Crippen LogP contribution is 2.30. The normalized spacial score (nSPS) is 10.6. The Morgan fingerprint density at radius 3 is 2.65 bits per heavy atom. The number of nitrogens with one attached hydrogen (secondary N) is 1. The van der Waals surface area contributed by atoms with Crippen molar-refractivity contribution in [1.82, 2.24) is 4.98 Å². The van der Waals surface area contributed by atoms with E-state index in [0.717, 1.165) is 17.1 Å². The van der Waals surface area contributed by atoms with Gasteiger partial charge in [-0.2, -0.15) is 0 Å². The molecule has 0 atom stereocenters. The zero-order chi connectivity index (χ0) is 14.9. The van der Waals surface area contributed by atoms with Gasteiger partial charge < -0.3 is 9.73 Å². The second-order valence-electron chi connectivity index (χ2n) is 4.48. The summed E-state index contributed by atoms with van der Waals surface area (Å²) in [6, 6.07) is 3.22. The molecule has 0 saturated heterocycles. The molecule has 6 nitrogen and oxygen atoms in total. The van der Waals surface area contributed by atoms with E-state index in [-0.39, 0.29) is 5.69 Å². The molecule has 0 unspecified atom stereocenters. The lowest BCUT2D eigenvalue weighted by molar-refractivity contribution is -0.385. The van der Waals surface area contributed by atoms with Crippen molar-refractivity contribution in [1.29, 1.82) is 0 Å². The molecule has 20 heavy (non-hydrogen) atoms. The van der Waals surface area contributed by atoms with Crippen LogP contribution in [0.15, 0.2) is 21.0 Å². The van der Waals surface area contributed by atoms with Gasteiger partial charge in [0.25, 0.3) is 5.69 Å². The summed E-state index contributed by atoms with van der Waals surface area (Å²) in [6.07, 6.45) is 0. The Bertz CT molecular complexity index is 648. The second kappa shape index (κ2) is 5.62. The number of aromatic nitrogens is 1. The monoisotopic (exact) mass is 339 g/mol. The molecule has 0 saturated carbocycles. The van der Waals surface area contributed by atoms with E-state index in [9.17, 15) is 10.1 Å². The summed E-state index contributed by atoms with van der Waals surface area (Å²) in [6.45, 7) is 5.87. The summed E-state index contributed by atoms with van der Waals surface area (Å²) in [5.41, 5.74) is 2.31. The Labute approximate surface area is 124 Å². The number of nitrogens with zero attached hydrogens (tertiary/aromatic N) is 2. The summed E-state index contributed by atoms with van der Waals surface area (Å²) in [5, 5.41) is 14.0. The van der Waals surface area contributed by atoms with Crippen LogP contribution in [0.3, 0.4) is 0 Å². The fourth-order valence-corrected chi connectivity index (χ4v) is 2.26. The van der Waals surface area contributed by atoms with Crippen LogP contribution in [0.1, 0.15) is 22.9 Å². The predicted octanol–water partition coefficient (Wildman–Crippen LogP) is 3.88. The molecule has 0 fully saturated rings. The van der Waals surface area contributed by atoms with E-state index in [0.29, 0.717) is 22.5 Å². The quantitative estimate of drug-likeness (QED) is 0.675. The Morgan fingerprint density at radius 2 is 2.10 bits per heavy atom. The zero-order valence-corrected chi connectivity index (χ0v) is 12.9. The molecular weight excluding hydrogens is 326 g/mol. The molecular formula is C13H14BrN3O3. The first kappa shape index (κ1) is 14.5. The minimum absolute atomic E-state index is 0.0882. The first-order valence-electron chi connectivity index (χ1n) is 6.00. The molecule has 1 N–H and O–H groups in total. The molecule has 1 aromatic carbocycles. The summed E-state index contributed by atoms with van der Waals surface area (Å²) < 4.78 is 6.10.